The van der Waals surface area contributed by atoms with Gasteiger partial charge in [0.1, 0.15) is 29.8 Å². The summed E-state index contributed by atoms with van der Waals surface area (Å²) < 4.78 is 29.6. The van der Waals surface area contributed by atoms with Gasteiger partial charge in [0.2, 0.25) is 0 Å². The van der Waals surface area contributed by atoms with E-state index in [9.17, 15) is 14.0 Å². The molecule has 3 aromatic carbocycles. The number of hydrogen-bond donors (Lipinski definition) is 0. The smallest absolute Gasteiger partial charge is 0.338 e. The van der Waals surface area contributed by atoms with Gasteiger partial charge < -0.3 is 14.2 Å². The van der Waals surface area contributed by atoms with Crippen LogP contribution in [0.25, 0.3) is 22.3 Å². The molecule has 0 heterocycles. The molecule has 0 aliphatic heterocycles. The van der Waals surface area contributed by atoms with Crippen LogP contribution >= 0.6 is 0 Å². The molecule has 0 spiro atoms. The van der Waals surface area contributed by atoms with Crippen molar-refractivity contribution in [3.63, 3.8) is 0 Å². The summed E-state index contributed by atoms with van der Waals surface area (Å²) in [5, 5.41) is 0. The Morgan fingerprint density at radius 3 is 2.00 bits per heavy atom. The predicted molar refractivity (Wildman–Crippen MR) is 124 cm³/mol. The fraction of sp³-hybridized carbons (Fsp3) is 0.0370. The van der Waals surface area contributed by atoms with E-state index in [1.165, 1.54) is 12.3 Å². The summed E-state index contributed by atoms with van der Waals surface area (Å²) in [6.07, 6.45) is 3.43. The van der Waals surface area contributed by atoms with E-state index in [0.717, 1.165) is 29.5 Å². The van der Waals surface area contributed by atoms with Crippen molar-refractivity contribution in [3.05, 3.63) is 110 Å². The maximum absolute atomic E-state index is 14.5. The Hall–Kier alpha value is -4.45. The van der Waals surface area contributed by atoms with Crippen LogP contribution in [0, 0.1) is 5.82 Å². The fourth-order valence-electron chi connectivity index (χ4n) is 2.82. The summed E-state index contributed by atoms with van der Waals surface area (Å²) in [7, 11) is 0. The molecule has 0 saturated carbocycles. The first-order valence-corrected chi connectivity index (χ1v) is 9.90. The lowest BCUT2D eigenvalue weighted by Crippen LogP contribution is -2.03. The lowest BCUT2D eigenvalue weighted by molar-refractivity contribution is -0.133. The number of ether oxygens (including phenoxy) is 3. The molecule has 3 rings (SSSR count). The Balaban J connectivity index is 1.66. The second-order valence-electron chi connectivity index (χ2n) is 6.94. The molecule has 0 saturated heterocycles. The zero-order valence-corrected chi connectivity index (χ0v) is 17.9. The molecule has 0 amide bonds. The van der Waals surface area contributed by atoms with E-state index in [1.807, 2.05) is 36.4 Å². The van der Waals surface area contributed by atoms with Crippen LogP contribution in [0.5, 0.6) is 11.5 Å². The van der Waals surface area contributed by atoms with E-state index in [0.29, 0.717) is 22.4 Å². The molecule has 0 aliphatic rings. The van der Waals surface area contributed by atoms with Crippen molar-refractivity contribution in [2.24, 2.45) is 0 Å². The third-order valence-electron chi connectivity index (χ3n) is 4.49. The SMILES string of the molecule is C=CC(=O)Oc1ccc(-c2ccc(-c3ccc(O/C=C\OC(=O)C(=C)C)cc3)cc2)c(F)c1. The Morgan fingerprint density at radius 2 is 1.42 bits per heavy atom. The van der Waals surface area contributed by atoms with Crippen molar-refractivity contribution >= 4 is 11.9 Å². The highest BCUT2D eigenvalue weighted by Gasteiger charge is 2.09. The molecule has 0 unspecified atom stereocenters. The third kappa shape index (κ3) is 6.27. The van der Waals surface area contributed by atoms with Gasteiger partial charge in [-0.05, 0) is 47.9 Å². The minimum Gasteiger partial charge on any atom is -0.462 e. The quantitative estimate of drug-likeness (QED) is 0.179. The van der Waals surface area contributed by atoms with Gasteiger partial charge in [-0.15, -0.1) is 0 Å². The molecule has 5 nitrogen and oxygen atoms in total. The van der Waals surface area contributed by atoms with Crippen molar-refractivity contribution in [2.75, 3.05) is 0 Å². The van der Waals surface area contributed by atoms with Crippen LogP contribution in [0.3, 0.4) is 0 Å². The zero-order valence-electron chi connectivity index (χ0n) is 17.9. The van der Waals surface area contributed by atoms with Gasteiger partial charge in [-0.3, -0.25) is 0 Å². The number of benzene rings is 3. The standard InChI is InChI=1S/C27H21FO5/c1-4-26(29)33-23-13-14-24(25(28)17-23)21-7-5-19(6-8-21)20-9-11-22(12-10-20)31-15-16-32-27(30)18(2)3/h4-17H,1-2H2,3H3/b16-15-. The molecule has 0 N–H and O–H groups in total. The van der Waals surface area contributed by atoms with E-state index in [-0.39, 0.29) is 5.75 Å². The van der Waals surface area contributed by atoms with Crippen molar-refractivity contribution in [1.29, 1.82) is 0 Å². The van der Waals surface area contributed by atoms with Gasteiger partial charge in [0.15, 0.2) is 0 Å². The minimum absolute atomic E-state index is 0.115. The third-order valence-corrected chi connectivity index (χ3v) is 4.49. The summed E-state index contributed by atoms with van der Waals surface area (Å²) in [5.74, 6) is -0.993. The molecule has 3 aromatic rings. The summed E-state index contributed by atoms with van der Waals surface area (Å²) in [6.45, 7) is 8.35. The fourth-order valence-corrected chi connectivity index (χ4v) is 2.82. The lowest BCUT2D eigenvalue weighted by atomic mass is 10.00. The van der Waals surface area contributed by atoms with Gasteiger partial charge in [0.05, 0.1) is 0 Å². The molecule has 0 aromatic heterocycles. The molecule has 0 bridgehead atoms. The van der Waals surface area contributed by atoms with Gasteiger partial charge in [0.25, 0.3) is 0 Å². The molecule has 0 radical (unpaired) electrons. The summed E-state index contributed by atoms with van der Waals surface area (Å²) >= 11 is 0. The van der Waals surface area contributed by atoms with E-state index >= 15 is 0 Å². The largest absolute Gasteiger partial charge is 0.462 e. The molecule has 6 heteroatoms. The van der Waals surface area contributed by atoms with Gasteiger partial charge in [-0.25, -0.2) is 14.0 Å². The Morgan fingerprint density at radius 1 is 0.848 bits per heavy atom. The zero-order chi connectivity index (χ0) is 23.8. The van der Waals surface area contributed by atoms with Crippen molar-refractivity contribution < 1.29 is 28.2 Å². The first-order chi connectivity index (χ1) is 15.9. The average molecular weight is 444 g/mol. The van der Waals surface area contributed by atoms with Crippen LogP contribution < -0.4 is 9.47 Å². The average Bonchev–Trinajstić information content (AvgIpc) is 2.82. The Kier molecular flexibility index (Phi) is 7.55. The van der Waals surface area contributed by atoms with E-state index in [1.54, 1.807) is 25.1 Å². The second kappa shape index (κ2) is 10.7. The Bertz CT molecular complexity index is 1210. The molecule has 0 aliphatic carbocycles. The van der Waals surface area contributed by atoms with Crippen LogP contribution in [0.2, 0.25) is 0 Å². The maximum Gasteiger partial charge on any atom is 0.338 e. The van der Waals surface area contributed by atoms with Gasteiger partial charge in [0, 0.05) is 23.3 Å². The van der Waals surface area contributed by atoms with Crippen LogP contribution in [0.15, 0.2) is 104 Å². The second-order valence-corrected chi connectivity index (χ2v) is 6.94. The number of rotatable bonds is 8. The lowest BCUT2D eigenvalue weighted by Gasteiger charge is -2.08. The molecule has 33 heavy (non-hydrogen) atoms. The van der Waals surface area contributed by atoms with Crippen molar-refractivity contribution in [2.45, 2.75) is 6.92 Å². The van der Waals surface area contributed by atoms with E-state index < -0.39 is 17.8 Å². The topological polar surface area (TPSA) is 61.8 Å². The number of hydrogen-bond acceptors (Lipinski definition) is 5. The maximum atomic E-state index is 14.5. The van der Waals surface area contributed by atoms with Crippen LogP contribution in [-0.2, 0) is 14.3 Å². The highest BCUT2D eigenvalue weighted by molar-refractivity contribution is 5.87. The summed E-state index contributed by atoms with van der Waals surface area (Å²) in [6, 6.07) is 18.9. The van der Waals surface area contributed by atoms with Crippen LogP contribution in [-0.4, -0.2) is 11.9 Å². The first-order valence-electron chi connectivity index (χ1n) is 9.90. The van der Waals surface area contributed by atoms with Gasteiger partial charge >= 0.3 is 11.9 Å². The van der Waals surface area contributed by atoms with E-state index in [4.69, 9.17) is 14.2 Å². The van der Waals surface area contributed by atoms with Crippen LogP contribution in [0.1, 0.15) is 6.92 Å². The number of carbonyl (C=O) groups excluding carboxylic acids is 2. The minimum atomic E-state index is -0.648. The predicted octanol–water partition coefficient (Wildman–Crippen LogP) is 6.22. The monoisotopic (exact) mass is 444 g/mol. The van der Waals surface area contributed by atoms with E-state index in [2.05, 4.69) is 13.2 Å². The first kappa shape index (κ1) is 23.2. The summed E-state index contributed by atoms with van der Waals surface area (Å²) in [4.78, 5) is 22.5. The van der Waals surface area contributed by atoms with Crippen molar-refractivity contribution in [1.82, 2.24) is 0 Å². The molecule has 166 valence electrons. The normalized spacial score (nSPS) is 10.5. The van der Waals surface area contributed by atoms with Crippen molar-refractivity contribution in [3.8, 4) is 33.8 Å². The highest BCUT2D eigenvalue weighted by atomic mass is 19.1. The number of halogens is 1. The summed E-state index contributed by atoms with van der Waals surface area (Å²) in [5.41, 5.74) is 3.26. The van der Waals surface area contributed by atoms with Gasteiger partial charge in [-0.1, -0.05) is 49.6 Å². The van der Waals surface area contributed by atoms with Crippen LogP contribution in [0.4, 0.5) is 4.39 Å². The molecular weight excluding hydrogens is 423 g/mol. The molecule has 0 atom stereocenters. The van der Waals surface area contributed by atoms with Gasteiger partial charge in [-0.2, -0.15) is 0 Å². The number of carbonyl (C=O) groups is 2. The Labute approximate surface area is 191 Å². The highest BCUT2D eigenvalue weighted by Crippen LogP contribution is 2.29. The number of esters is 2. The molecule has 0 fully saturated rings. The molecular formula is C27H21FO5.